The first kappa shape index (κ1) is 16.6. The lowest BCUT2D eigenvalue weighted by Crippen LogP contribution is -2.22. The lowest BCUT2D eigenvalue weighted by Gasteiger charge is -2.11. The zero-order valence-electron chi connectivity index (χ0n) is 12.2. The molecular formula is C16H16BrClN2O2. The van der Waals surface area contributed by atoms with Crippen LogP contribution in [0.15, 0.2) is 40.9 Å². The van der Waals surface area contributed by atoms with Crippen LogP contribution in [0, 0.1) is 6.92 Å². The molecule has 0 saturated carbocycles. The molecule has 0 aliphatic heterocycles. The average Bonchev–Trinajstić information content (AvgIpc) is 2.48. The van der Waals surface area contributed by atoms with E-state index in [1.165, 1.54) is 0 Å². The smallest absolute Gasteiger partial charge is 0.243 e. The maximum atomic E-state index is 12.0. The molecule has 0 spiro atoms. The number of rotatable bonds is 5. The van der Waals surface area contributed by atoms with Crippen LogP contribution in [0.5, 0.6) is 5.75 Å². The maximum absolute atomic E-state index is 12.0. The molecule has 0 aromatic heterocycles. The molecule has 2 aromatic carbocycles. The molecule has 2 rings (SSSR count). The lowest BCUT2D eigenvalue weighted by atomic mass is 10.2. The predicted octanol–water partition coefficient (Wildman–Crippen LogP) is 4.47. The molecule has 6 heteroatoms. The van der Waals surface area contributed by atoms with Crippen molar-refractivity contribution < 1.29 is 9.53 Å². The highest BCUT2D eigenvalue weighted by atomic mass is 79.9. The quantitative estimate of drug-likeness (QED) is 0.801. The second-order valence-electron chi connectivity index (χ2n) is 4.71. The van der Waals surface area contributed by atoms with Crippen molar-refractivity contribution in [1.29, 1.82) is 0 Å². The Labute approximate surface area is 142 Å². The molecule has 0 heterocycles. The Morgan fingerprint density at radius 2 is 2.05 bits per heavy atom. The van der Waals surface area contributed by atoms with Crippen LogP contribution in [0.2, 0.25) is 5.02 Å². The number of nitrogens with one attached hydrogen (secondary N) is 2. The number of amides is 1. The molecule has 2 N–H and O–H groups in total. The highest BCUT2D eigenvalue weighted by Crippen LogP contribution is 2.27. The fraction of sp³-hybridized carbons (Fsp3) is 0.188. The molecule has 4 nitrogen and oxygen atoms in total. The summed E-state index contributed by atoms with van der Waals surface area (Å²) in [6.45, 7) is 2.09. The molecule has 116 valence electrons. The fourth-order valence-corrected chi connectivity index (χ4v) is 2.65. The molecule has 0 saturated heterocycles. The van der Waals surface area contributed by atoms with Gasteiger partial charge >= 0.3 is 0 Å². The summed E-state index contributed by atoms with van der Waals surface area (Å²) in [6.07, 6.45) is 0. The summed E-state index contributed by atoms with van der Waals surface area (Å²) in [5.74, 6) is 0.472. The summed E-state index contributed by atoms with van der Waals surface area (Å²) < 4.78 is 6.07. The van der Waals surface area contributed by atoms with Crippen molar-refractivity contribution in [1.82, 2.24) is 0 Å². The third kappa shape index (κ3) is 4.39. The van der Waals surface area contributed by atoms with Crippen molar-refractivity contribution in [3.8, 4) is 5.75 Å². The molecule has 1 amide bonds. The van der Waals surface area contributed by atoms with Crippen molar-refractivity contribution in [2.75, 3.05) is 24.3 Å². The standard InChI is InChI=1S/C16H16BrClN2O2/c1-10-7-11(17)3-5-14(10)20-16(21)9-19-12-4-6-15(22-2)13(18)8-12/h3-8,19H,9H2,1-2H3,(H,20,21). The fourth-order valence-electron chi connectivity index (χ4n) is 1.92. The zero-order valence-corrected chi connectivity index (χ0v) is 14.6. The van der Waals surface area contributed by atoms with E-state index in [1.54, 1.807) is 19.2 Å². The van der Waals surface area contributed by atoms with E-state index < -0.39 is 0 Å². The number of carbonyl (C=O) groups is 1. The summed E-state index contributed by atoms with van der Waals surface area (Å²) in [5, 5.41) is 6.39. The number of halogens is 2. The molecule has 0 atom stereocenters. The number of methoxy groups -OCH3 is 1. The molecule has 0 bridgehead atoms. The minimum Gasteiger partial charge on any atom is -0.495 e. The summed E-state index contributed by atoms with van der Waals surface area (Å²) in [4.78, 5) is 12.0. The molecule has 0 unspecified atom stereocenters. The number of ether oxygens (including phenoxy) is 1. The zero-order chi connectivity index (χ0) is 16.1. The van der Waals surface area contributed by atoms with Gasteiger partial charge in [0.2, 0.25) is 5.91 Å². The summed E-state index contributed by atoms with van der Waals surface area (Å²) in [5.41, 5.74) is 2.55. The minimum absolute atomic E-state index is 0.127. The Balaban J connectivity index is 1.94. The number of carbonyl (C=O) groups excluding carboxylic acids is 1. The number of hydrogen-bond acceptors (Lipinski definition) is 3. The second kappa shape index (κ2) is 7.51. The first-order chi connectivity index (χ1) is 10.5. The molecular weight excluding hydrogens is 368 g/mol. The number of aryl methyl sites for hydroxylation is 1. The molecule has 0 fully saturated rings. The first-order valence-electron chi connectivity index (χ1n) is 6.63. The number of hydrogen-bond donors (Lipinski definition) is 2. The van der Waals surface area contributed by atoms with Gasteiger partial charge in [0.05, 0.1) is 18.7 Å². The minimum atomic E-state index is -0.127. The van der Waals surface area contributed by atoms with Gasteiger partial charge in [-0.2, -0.15) is 0 Å². The van der Waals surface area contributed by atoms with Crippen LogP contribution in [0.1, 0.15) is 5.56 Å². The van der Waals surface area contributed by atoms with Crippen molar-refractivity contribution in [2.24, 2.45) is 0 Å². The number of benzene rings is 2. The number of anilines is 2. The van der Waals surface area contributed by atoms with E-state index in [2.05, 4.69) is 26.6 Å². The van der Waals surface area contributed by atoms with Crippen molar-refractivity contribution in [2.45, 2.75) is 6.92 Å². The van der Waals surface area contributed by atoms with Crippen LogP contribution in [-0.4, -0.2) is 19.6 Å². The van der Waals surface area contributed by atoms with Crippen molar-refractivity contribution >= 4 is 44.8 Å². The van der Waals surface area contributed by atoms with Gasteiger partial charge in [0, 0.05) is 15.8 Å². The van der Waals surface area contributed by atoms with E-state index in [0.717, 1.165) is 21.4 Å². The van der Waals surface area contributed by atoms with E-state index in [0.29, 0.717) is 10.8 Å². The van der Waals surface area contributed by atoms with Gasteiger partial charge in [-0.1, -0.05) is 27.5 Å². The lowest BCUT2D eigenvalue weighted by molar-refractivity contribution is -0.114. The van der Waals surface area contributed by atoms with E-state index >= 15 is 0 Å². The van der Waals surface area contributed by atoms with E-state index in [4.69, 9.17) is 16.3 Å². The maximum Gasteiger partial charge on any atom is 0.243 e. The van der Waals surface area contributed by atoms with Gasteiger partial charge in [0.1, 0.15) is 5.75 Å². The second-order valence-corrected chi connectivity index (χ2v) is 6.03. The Kier molecular flexibility index (Phi) is 5.69. The Morgan fingerprint density at radius 1 is 1.27 bits per heavy atom. The van der Waals surface area contributed by atoms with Crippen LogP contribution in [0.25, 0.3) is 0 Å². The summed E-state index contributed by atoms with van der Waals surface area (Å²) >= 11 is 9.43. The SMILES string of the molecule is COc1ccc(NCC(=O)Nc2ccc(Br)cc2C)cc1Cl. The summed E-state index contributed by atoms with van der Waals surface area (Å²) in [6, 6.07) is 11.0. The van der Waals surface area contributed by atoms with E-state index in [1.807, 2.05) is 31.2 Å². The van der Waals surface area contributed by atoms with Crippen LogP contribution in [0.3, 0.4) is 0 Å². The van der Waals surface area contributed by atoms with Gasteiger partial charge in [0.25, 0.3) is 0 Å². The molecule has 0 radical (unpaired) electrons. The van der Waals surface area contributed by atoms with E-state index in [-0.39, 0.29) is 12.5 Å². The van der Waals surface area contributed by atoms with Gasteiger partial charge in [-0.05, 0) is 48.9 Å². The molecule has 0 aliphatic rings. The van der Waals surface area contributed by atoms with Gasteiger partial charge in [-0.15, -0.1) is 0 Å². The third-order valence-electron chi connectivity index (χ3n) is 3.07. The third-order valence-corrected chi connectivity index (χ3v) is 3.86. The Morgan fingerprint density at radius 3 is 2.68 bits per heavy atom. The Bertz CT molecular complexity index is 692. The van der Waals surface area contributed by atoms with Gasteiger partial charge in [-0.3, -0.25) is 4.79 Å². The van der Waals surface area contributed by atoms with Crippen molar-refractivity contribution in [3.05, 3.63) is 51.5 Å². The molecule has 0 aliphatic carbocycles. The van der Waals surface area contributed by atoms with Crippen molar-refractivity contribution in [3.63, 3.8) is 0 Å². The van der Waals surface area contributed by atoms with Gasteiger partial charge in [-0.25, -0.2) is 0 Å². The van der Waals surface area contributed by atoms with Crippen LogP contribution in [0.4, 0.5) is 11.4 Å². The Hall–Kier alpha value is -1.72. The van der Waals surface area contributed by atoms with Gasteiger partial charge < -0.3 is 15.4 Å². The van der Waals surface area contributed by atoms with Crippen LogP contribution >= 0.6 is 27.5 Å². The normalized spacial score (nSPS) is 10.2. The highest BCUT2D eigenvalue weighted by molar-refractivity contribution is 9.10. The monoisotopic (exact) mass is 382 g/mol. The topological polar surface area (TPSA) is 50.4 Å². The van der Waals surface area contributed by atoms with Crippen LogP contribution < -0.4 is 15.4 Å². The van der Waals surface area contributed by atoms with Gasteiger partial charge in [0.15, 0.2) is 0 Å². The predicted molar refractivity (Wildman–Crippen MR) is 94.0 cm³/mol. The molecule has 2 aromatic rings. The average molecular weight is 384 g/mol. The van der Waals surface area contributed by atoms with Crippen LogP contribution in [-0.2, 0) is 4.79 Å². The highest BCUT2D eigenvalue weighted by Gasteiger charge is 2.06. The van der Waals surface area contributed by atoms with E-state index in [9.17, 15) is 4.79 Å². The molecule has 22 heavy (non-hydrogen) atoms. The largest absolute Gasteiger partial charge is 0.495 e. The first-order valence-corrected chi connectivity index (χ1v) is 7.80. The summed E-state index contributed by atoms with van der Waals surface area (Å²) in [7, 11) is 1.56.